The van der Waals surface area contributed by atoms with Crippen LogP contribution in [0.5, 0.6) is 5.75 Å². The third kappa shape index (κ3) is 3.06. The molecular formula is C20H24N4O2S. The number of ketones is 1. The topological polar surface area (TPSA) is 69.9 Å². The van der Waals surface area contributed by atoms with E-state index in [1.807, 2.05) is 24.3 Å². The minimum Gasteiger partial charge on any atom is -0.497 e. The molecule has 142 valence electrons. The second-order valence-electron chi connectivity index (χ2n) is 8.48. The average Bonchev–Trinajstić information content (AvgIpc) is 3.13. The quantitative estimate of drug-likeness (QED) is 0.710. The van der Waals surface area contributed by atoms with Gasteiger partial charge in [-0.3, -0.25) is 4.79 Å². The lowest BCUT2D eigenvalue weighted by molar-refractivity contribution is -0.141. The lowest BCUT2D eigenvalue weighted by Gasteiger charge is -2.56. The predicted octanol–water partition coefficient (Wildman–Crippen LogP) is 3.55. The molecule has 4 bridgehead atoms. The molecule has 1 aromatic heterocycles. The standard InChI is InChI=1S/C20H24N4O2S/c1-26-17-4-2-16(3-5-17)24-19(21-22-23-24)27-12-18(25)20-9-13-6-14(10-20)8-15(7-13)11-20/h2-5,13-15H,6-12H2,1H3. The molecule has 1 heterocycles. The highest BCUT2D eigenvalue weighted by molar-refractivity contribution is 7.99. The van der Waals surface area contributed by atoms with Crippen molar-refractivity contribution in [3.63, 3.8) is 0 Å². The van der Waals surface area contributed by atoms with Crippen LogP contribution >= 0.6 is 11.8 Å². The number of carbonyl (C=O) groups is 1. The molecule has 0 spiro atoms. The average molecular weight is 385 g/mol. The van der Waals surface area contributed by atoms with Gasteiger partial charge in [-0.15, -0.1) is 5.10 Å². The van der Waals surface area contributed by atoms with Crippen molar-refractivity contribution in [2.45, 2.75) is 43.7 Å². The van der Waals surface area contributed by atoms with Crippen LogP contribution in [0.2, 0.25) is 0 Å². The number of aromatic nitrogens is 4. The van der Waals surface area contributed by atoms with Crippen molar-refractivity contribution in [1.82, 2.24) is 20.2 Å². The van der Waals surface area contributed by atoms with Crippen LogP contribution in [-0.4, -0.2) is 38.9 Å². The van der Waals surface area contributed by atoms with E-state index in [9.17, 15) is 4.79 Å². The first-order valence-corrected chi connectivity index (χ1v) is 10.7. The van der Waals surface area contributed by atoms with Crippen molar-refractivity contribution in [3.05, 3.63) is 24.3 Å². The van der Waals surface area contributed by atoms with Crippen LogP contribution in [-0.2, 0) is 4.79 Å². The summed E-state index contributed by atoms with van der Waals surface area (Å²) in [4.78, 5) is 13.2. The van der Waals surface area contributed by atoms with Crippen molar-refractivity contribution in [3.8, 4) is 11.4 Å². The molecule has 0 radical (unpaired) electrons. The van der Waals surface area contributed by atoms with Gasteiger partial charge in [-0.2, -0.15) is 4.68 Å². The van der Waals surface area contributed by atoms with Gasteiger partial charge in [-0.05, 0) is 91.0 Å². The molecule has 0 atom stereocenters. The molecule has 7 heteroatoms. The van der Waals surface area contributed by atoms with Crippen molar-refractivity contribution in [1.29, 1.82) is 0 Å². The Labute approximate surface area is 163 Å². The van der Waals surface area contributed by atoms with Crippen molar-refractivity contribution >= 4 is 17.5 Å². The van der Waals surface area contributed by atoms with Gasteiger partial charge in [0, 0.05) is 5.41 Å². The van der Waals surface area contributed by atoms with Gasteiger partial charge in [0.1, 0.15) is 11.5 Å². The number of nitrogens with zero attached hydrogens (tertiary/aromatic N) is 4. The Morgan fingerprint density at radius 2 is 1.78 bits per heavy atom. The monoisotopic (exact) mass is 384 g/mol. The highest BCUT2D eigenvalue weighted by Crippen LogP contribution is 2.60. The Bertz CT molecular complexity index is 813. The van der Waals surface area contributed by atoms with Crippen LogP contribution in [0.25, 0.3) is 5.69 Å². The first-order valence-electron chi connectivity index (χ1n) is 9.74. The minimum absolute atomic E-state index is 0.0554. The van der Waals surface area contributed by atoms with E-state index >= 15 is 0 Å². The number of hydrogen-bond donors (Lipinski definition) is 0. The van der Waals surface area contributed by atoms with Crippen molar-refractivity contribution in [2.24, 2.45) is 23.2 Å². The first kappa shape index (κ1) is 17.2. The van der Waals surface area contributed by atoms with Crippen molar-refractivity contribution in [2.75, 3.05) is 12.9 Å². The SMILES string of the molecule is COc1ccc(-n2nnnc2SCC(=O)C23CC4CC(CC(C4)C2)C3)cc1. The summed E-state index contributed by atoms with van der Waals surface area (Å²) >= 11 is 1.46. The fourth-order valence-electron chi connectivity index (χ4n) is 5.89. The third-order valence-corrected chi connectivity index (χ3v) is 7.64. The van der Waals surface area contributed by atoms with Gasteiger partial charge in [0.15, 0.2) is 0 Å². The van der Waals surface area contributed by atoms with E-state index < -0.39 is 0 Å². The molecule has 0 aliphatic heterocycles. The zero-order valence-electron chi connectivity index (χ0n) is 15.5. The predicted molar refractivity (Wildman–Crippen MR) is 102 cm³/mol. The number of hydrogen-bond acceptors (Lipinski definition) is 6. The van der Waals surface area contributed by atoms with Gasteiger partial charge in [-0.1, -0.05) is 11.8 Å². The zero-order chi connectivity index (χ0) is 18.4. The summed E-state index contributed by atoms with van der Waals surface area (Å²) in [5.74, 6) is 4.02. The summed E-state index contributed by atoms with van der Waals surface area (Å²) < 4.78 is 6.89. The third-order valence-electron chi connectivity index (χ3n) is 6.72. The summed E-state index contributed by atoms with van der Waals surface area (Å²) in [5.41, 5.74) is 0.811. The second-order valence-corrected chi connectivity index (χ2v) is 9.42. The van der Waals surface area contributed by atoms with Crippen LogP contribution in [0.3, 0.4) is 0 Å². The number of rotatable bonds is 6. The van der Waals surface area contributed by atoms with Gasteiger partial charge in [-0.25, -0.2) is 0 Å². The van der Waals surface area contributed by atoms with Crippen LogP contribution in [0.4, 0.5) is 0 Å². The Hall–Kier alpha value is -1.89. The van der Waals surface area contributed by atoms with Crippen LogP contribution in [0.15, 0.2) is 29.4 Å². The normalized spacial score (nSPS) is 31.2. The Morgan fingerprint density at radius 1 is 1.15 bits per heavy atom. The van der Waals surface area contributed by atoms with Gasteiger partial charge in [0.2, 0.25) is 5.16 Å². The fraction of sp³-hybridized carbons (Fsp3) is 0.600. The maximum atomic E-state index is 13.2. The molecule has 4 fully saturated rings. The molecule has 0 unspecified atom stereocenters. The number of tetrazole rings is 1. The smallest absolute Gasteiger partial charge is 0.214 e. The molecule has 0 saturated heterocycles. The van der Waals surface area contributed by atoms with E-state index in [1.54, 1.807) is 11.8 Å². The lowest BCUT2D eigenvalue weighted by atomic mass is 9.48. The Balaban J connectivity index is 1.29. The largest absolute Gasteiger partial charge is 0.497 e. The summed E-state index contributed by atoms with van der Waals surface area (Å²) in [6.45, 7) is 0. The number of methoxy groups -OCH3 is 1. The molecule has 1 aromatic carbocycles. The van der Waals surface area contributed by atoms with Crippen LogP contribution < -0.4 is 4.74 Å². The molecule has 6 nitrogen and oxygen atoms in total. The summed E-state index contributed by atoms with van der Waals surface area (Å²) in [7, 11) is 1.64. The van der Waals surface area contributed by atoms with E-state index in [0.717, 1.165) is 48.5 Å². The summed E-state index contributed by atoms with van der Waals surface area (Å²) in [6.07, 6.45) is 7.41. The number of benzene rings is 1. The highest BCUT2D eigenvalue weighted by Gasteiger charge is 2.54. The fourth-order valence-corrected chi connectivity index (χ4v) is 6.81. The molecule has 2 aromatic rings. The first-order chi connectivity index (χ1) is 13.1. The molecule has 6 rings (SSSR count). The van der Waals surface area contributed by atoms with E-state index in [0.29, 0.717) is 16.7 Å². The van der Waals surface area contributed by atoms with Gasteiger partial charge >= 0.3 is 0 Å². The second kappa shape index (κ2) is 6.62. The highest BCUT2D eigenvalue weighted by atomic mass is 32.2. The minimum atomic E-state index is -0.0554. The Morgan fingerprint density at radius 3 is 2.37 bits per heavy atom. The molecule has 0 amide bonds. The Kier molecular flexibility index (Phi) is 4.22. The van der Waals surface area contributed by atoms with Crippen LogP contribution in [0, 0.1) is 23.2 Å². The number of thioether (sulfide) groups is 1. The number of Topliss-reactive ketones (excluding diaryl/α,β-unsaturated/α-hetero) is 1. The van der Waals surface area contributed by atoms with Crippen LogP contribution in [0.1, 0.15) is 38.5 Å². The van der Waals surface area contributed by atoms with Gasteiger partial charge in [0.25, 0.3) is 0 Å². The zero-order valence-corrected chi connectivity index (χ0v) is 16.3. The van der Waals surface area contributed by atoms with Gasteiger partial charge in [0.05, 0.1) is 18.6 Å². The summed E-state index contributed by atoms with van der Waals surface area (Å²) in [6, 6.07) is 7.60. The molecule has 4 aliphatic carbocycles. The molecule has 0 N–H and O–H groups in total. The molecular weight excluding hydrogens is 360 g/mol. The summed E-state index contributed by atoms with van der Waals surface area (Å²) in [5, 5.41) is 12.7. The number of ether oxygens (including phenoxy) is 1. The van der Waals surface area contributed by atoms with Gasteiger partial charge < -0.3 is 4.74 Å². The maximum Gasteiger partial charge on any atom is 0.214 e. The number of carbonyl (C=O) groups excluding carboxylic acids is 1. The van der Waals surface area contributed by atoms with E-state index in [-0.39, 0.29) is 5.41 Å². The molecule has 27 heavy (non-hydrogen) atoms. The van der Waals surface area contributed by atoms with E-state index in [2.05, 4.69) is 15.5 Å². The molecule has 4 aliphatic rings. The van der Waals surface area contributed by atoms with E-state index in [4.69, 9.17) is 4.74 Å². The maximum absolute atomic E-state index is 13.2. The van der Waals surface area contributed by atoms with Crippen molar-refractivity contribution < 1.29 is 9.53 Å². The lowest BCUT2D eigenvalue weighted by Crippen LogP contribution is -2.50. The van der Waals surface area contributed by atoms with E-state index in [1.165, 1.54) is 31.0 Å². The molecule has 4 saturated carbocycles.